The minimum atomic E-state index is -2.78. The number of carbonyl (C=O) groups is 2. The van der Waals surface area contributed by atoms with Gasteiger partial charge in [-0.15, -0.1) is 0 Å². The molecule has 3 aromatic rings. The average Bonchev–Trinajstić information content (AvgIpc) is 2.90. The summed E-state index contributed by atoms with van der Waals surface area (Å²) in [5.41, 5.74) is 9.25. The van der Waals surface area contributed by atoms with Gasteiger partial charge >= 0.3 is 6.03 Å². The number of pyridine rings is 1. The van der Waals surface area contributed by atoms with Crippen LogP contribution in [0.15, 0.2) is 65.2 Å². The zero-order valence-electron chi connectivity index (χ0n) is 22.6. The van der Waals surface area contributed by atoms with Crippen molar-refractivity contribution >= 4 is 38.9 Å². The van der Waals surface area contributed by atoms with E-state index in [9.17, 15) is 18.9 Å². The summed E-state index contributed by atoms with van der Waals surface area (Å²) in [4.78, 5) is 29.1. The smallest absolute Gasteiger partial charge is 0.323 e. The van der Waals surface area contributed by atoms with Gasteiger partial charge in [0.2, 0.25) is 0 Å². The molecule has 10 nitrogen and oxygen atoms in total. The van der Waals surface area contributed by atoms with Crippen molar-refractivity contribution in [2.75, 3.05) is 35.5 Å². The summed E-state index contributed by atoms with van der Waals surface area (Å²) in [5.74, 6) is 5.53. The van der Waals surface area contributed by atoms with Crippen LogP contribution in [0, 0.1) is 18.8 Å². The molecule has 0 spiro atoms. The van der Waals surface area contributed by atoms with Gasteiger partial charge in [-0.1, -0.05) is 30.0 Å². The predicted molar refractivity (Wildman–Crippen MR) is 157 cm³/mol. The van der Waals surface area contributed by atoms with Crippen LogP contribution in [0.1, 0.15) is 46.3 Å². The molecule has 3 rings (SSSR count). The Hall–Kier alpha value is -4.24. The van der Waals surface area contributed by atoms with Crippen molar-refractivity contribution in [1.29, 1.82) is 0 Å². The van der Waals surface area contributed by atoms with E-state index in [0.717, 1.165) is 5.56 Å². The van der Waals surface area contributed by atoms with Crippen LogP contribution in [0.2, 0.25) is 0 Å². The Bertz CT molecular complexity index is 1550. The molecule has 11 heteroatoms. The Morgan fingerprint density at radius 2 is 1.80 bits per heavy atom. The number of aliphatic hydroxyl groups is 1. The molecule has 0 aliphatic carbocycles. The summed E-state index contributed by atoms with van der Waals surface area (Å²) in [6.07, 6.45) is 3.34. The molecule has 210 valence electrons. The summed E-state index contributed by atoms with van der Waals surface area (Å²) in [6, 6.07) is 15.5. The van der Waals surface area contributed by atoms with Gasteiger partial charge in [-0.25, -0.2) is 14.0 Å². The van der Waals surface area contributed by atoms with Crippen molar-refractivity contribution in [1.82, 2.24) is 4.98 Å². The normalized spacial score (nSPS) is 12.8. The summed E-state index contributed by atoms with van der Waals surface area (Å²) in [5, 5.41) is 15.0. The zero-order valence-corrected chi connectivity index (χ0v) is 23.5. The Balaban J connectivity index is 1.68. The molecule has 0 radical (unpaired) electrons. The Morgan fingerprint density at radius 3 is 2.50 bits per heavy atom. The lowest BCUT2D eigenvalue weighted by atomic mass is 10.1. The second kappa shape index (κ2) is 14.2. The number of carbonyl (C=O) groups excluding carboxylic acids is 2. The number of benzene rings is 2. The minimum absolute atomic E-state index is 0.117. The van der Waals surface area contributed by atoms with Crippen LogP contribution in [0.25, 0.3) is 0 Å². The Labute approximate surface area is 234 Å². The van der Waals surface area contributed by atoms with Gasteiger partial charge < -0.3 is 26.2 Å². The second-order valence-corrected chi connectivity index (χ2v) is 11.7. The first-order valence-electron chi connectivity index (χ1n) is 12.5. The number of nitrogens with one attached hydrogen (secondary N) is 2. The van der Waals surface area contributed by atoms with Crippen molar-refractivity contribution < 1.29 is 23.6 Å². The van der Waals surface area contributed by atoms with Gasteiger partial charge in [0.25, 0.3) is 5.91 Å². The fraction of sp³-hybridized carbons (Fsp3) is 0.276. The molecule has 0 saturated heterocycles. The fourth-order valence-electron chi connectivity index (χ4n) is 3.60. The summed E-state index contributed by atoms with van der Waals surface area (Å²) in [6.45, 7) is 1.94. The van der Waals surface area contributed by atoms with Gasteiger partial charge in [0.1, 0.15) is 5.82 Å². The van der Waals surface area contributed by atoms with E-state index >= 15 is 0 Å². The van der Waals surface area contributed by atoms with E-state index in [1.165, 1.54) is 25.6 Å². The number of urea groups is 1. The molecular formula is C29H33N5O5S. The molecule has 1 heterocycles. The van der Waals surface area contributed by atoms with Crippen molar-refractivity contribution in [3.8, 4) is 11.8 Å². The standard InChI is InChI=1S/C29H33N5O5S/c1-20-8-6-10-24(16-20)32-29(37)33-25-11-7-9-21(17-25)13-14-22-18-23(19-31-27(22)30)28(36)34-40(3,38)15-5-4-12-26(35)39-2/h6-11,16-19,26,35H,4-5,12,15H2,1-3H3,(H2,30,31)(H2,32,33,37). The van der Waals surface area contributed by atoms with Crippen LogP contribution in [0.4, 0.5) is 22.0 Å². The number of rotatable bonds is 9. The number of methoxy groups -OCH3 is 1. The van der Waals surface area contributed by atoms with E-state index in [0.29, 0.717) is 41.8 Å². The predicted octanol–water partition coefficient (Wildman–Crippen LogP) is 4.39. The second-order valence-electron chi connectivity index (χ2n) is 9.18. The van der Waals surface area contributed by atoms with E-state index in [-0.39, 0.29) is 23.2 Å². The van der Waals surface area contributed by atoms with Crippen LogP contribution in [0.3, 0.4) is 0 Å². The number of nitrogens with two attached hydrogens (primary N) is 1. The minimum Gasteiger partial charge on any atom is -0.383 e. The van der Waals surface area contributed by atoms with Gasteiger partial charge in [0.05, 0.1) is 20.9 Å². The summed E-state index contributed by atoms with van der Waals surface area (Å²) >= 11 is 0. The van der Waals surface area contributed by atoms with E-state index < -0.39 is 21.9 Å². The Morgan fingerprint density at radius 1 is 1.10 bits per heavy atom. The number of aliphatic hydroxyl groups excluding tert-OH is 1. The molecule has 0 saturated carbocycles. The lowest BCUT2D eigenvalue weighted by molar-refractivity contribution is -0.0790. The molecule has 2 unspecified atom stereocenters. The SMILES string of the molecule is COC(O)CCCCS(C)(=O)=NC(=O)c1cnc(N)c(C#Cc2cccc(NC(=O)Nc3cccc(C)c3)c2)c1. The molecular weight excluding hydrogens is 530 g/mol. The number of nitrogens with zero attached hydrogens (tertiary/aromatic N) is 2. The van der Waals surface area contributed by atoms with E-state index in [1.807, 2.05) is 25.1 Å². The first-order chi connectivity index (χ1) is 19.0. The van der Waals surface area contributed by atoms with Crippen LogP contribution in [0.5, 0.6) is 0 Å². The molecule has 5 N–H and O–H groups in total. The van der Waals surface area contributed by atoms with Gasteiger partial charge in [-0.05, 0) is 68.1 Å². The Kier molecular flexibility index (Phi) is 10.8. The van der Waals surface area contributed by atoms with Crippen molar-refractivity contribution in [2.24, 2.45) is 4.36 Å². The number of ether oxygens (including phenoxy) is 1. The van der Waals surface area contributed by atoms with Gasteiger partial charge in [0, 0.05) is 42.3 Å². The molecule has 3 amide bonds. The number of hydrogen-bond donors (Lipinski definition) is 4. The lowest BCUT2D eigenvalue weighted by Crippen LogP contribution is -2.19. The first kappa shape index (κ1) is 30.3. The van der Waals surface area contributed by atoms with Gasteiger partial charge in [0.15, 0.2) is 6.29 Å². The summed E-state index contributed by atoms with van der Waals surface area (Å²) < 4.78 is 21.5. The highest BCUT2D eigenvalue weighted by atomic mass is 32.2. The van der Waals surface area contributed by atoms with E-state index in [2.05, 4.69) is 31.8 Å². The molecule has 0 aliphatic heterocycles. The fourth-order valence-corrected chi connectivity index (χ4v) is 4.89. The highest BCUT2D eigenvalue weighted by Gasteiger charge is 2.12. The maximum Gasteiger partial charge on any atom is 0.323 e. The quantitative estimate of drug-likeness (QED) is 0.171. The third-order valence-electron chi connectivity index (χ3n) is 5.68. The maximum absolute atomic E-state index is 12.8. The summed E-state index contributed by atoms with van der Waals surface area (Å²) in [7, 11) is -1.37. The molecule has 0 bridgehead atoms. The topological polar surface area (TPSA) is 156 Å². The molecule has 1 aromatic heterocycles. The molecule has 0 aliphatic rings. The monoisotopic (exact) mass is 563 g/mol. The molecule has 0 fully saturated rings. The van der Waals surface area contributed by atoms with Crippen molar-refractivity contribution in [3.63, 3.8) is 0 Å². The van der Waals surface area contributed by atoms with Gasteiger partial charge in [-0.2, -0.15) is 4.36 Å². The number of anilines is 3. The maximum atomic E-state index is 12.8. The van der Waals surface area contributed by atoms with Crippen LogP contribution >= 0.6 is 0 Å². The highest BCUT2D eigenvalue weighted by molar-refractivity contribution is 7.93. The van der Waals surface area contributed by atoms with Crippen molar-refractivity contribution in [2.45, 2.75) is 32.5 Å². The zero-order chi connectivity index (χ0) is 29.1. The molecule has 40 heavy (non-hydrogen) atoms. The van der Waals surface area contributed by atoms with Crippen LogP contribution < -0.4 is 16.4 Å². The van der Waals surface area contributed by atoms with E-state index in [4.69, 9.17) is 10.5 Å². The lowest BCUT2D eigenvalue weighted by Gasteiger charge is -2.08. The van der Waals surface area contributed by atoms with Crippen LogP contribution in [-0.4, -0.2) is 51.6 Å². The first-order valence-corrected chi connectivity index (χ1v) is 14.6. The van der Waals surface area contributed by atoms with Crippen LogP contribution in [-0.2, 0) is 14.5 Å². The molecule has 2 aromatic carbocycles. The number of aromatic nitrogens is 1. The number of aryl methyl sites for hydroxylation is 1. The number of amides is 3. The van der Waals surface area contributed by atoms with Crippen molar-refractivity contribution in [3.05, 3.63) is 83.0 Å². The third-order valence-corrected chi connectivity index (χ3v) is 7.27. The molecule has 2 atom stereocenters. The number of nitrogen functional groups attached to an aromatic ring is 1. The highest BCUT2D eigenvalue weighted by Crippen LogP contribution is 2.15. The number of hydrogen-bond acceptors (Lipinski definition) is 7. The largest absolute Gasteiger partial charge is 0.383 e. The van der Waals surface area contributed by atoms with Gasteiger partial charge in [-0.3, -0.25) is 4.79 Å². The van der Waals surface area contributed by atoms with E-state index in [1.54, 1.807) is 30.3 Å². The number of unbranched alkanes of at least 4 members (excludes halogenated alkanes) is 1. The average molecular weight is 564 g/mol. The third kappa shape index (κ3) is 9.81.